The first-order valence-electron chi connectivity index (χ1n) is 11.0. The number of ketones is 1. The van der Waals surface area contributed by atoms with Crippen LogP contribution >= 0.6 is 11.6 Å². The van der Waals surface area contributed by atoms with Crippen LogP contribution in [0.15, 0.2) is 76.4 Å². The number of carboxylic acids is 1. The van der Waals surface area contributed by atoms with Crippen LogP contribution in [0.3, 0.4) is 0 Å². The maximum atomic E-state index is 13.6. The van der Waals surface area contributed by atoms with Crippen LogP contribution in [-0.4, -0.2) is 36.1 Å². The molecule has 0 aliphatic heterocycles. The quantitative estimate of drug-likeness (QED) is 0.339. The smallest absolute Gasteiger partial charge is 0.335 e. The van der Waals surface area contributed by atoms with Gasteiger partial charge in [0.05, 0.1) is 22.7 Å². The summed E-state index contributed by atoms with van der Waals surface area (Å²) in [6.07, 6.45) is 1.24. The molecule has 0 fully saturated rings. The summed E-state index contributed by atoms with van der Waals surface area (Å²) in [5.74, 6) is -1.36. The number of hydrogen-bond acceptors (Lipinski definition) is 5. The van der Waals surface area contributed by atoms with Crippen molar-refractivity contribution in [2.45, 2.75) is 24.8 Å². The van der Waals surface area contributed by atoms with E-state index in [1.54, 1.807) is 49.4 Å². The van der Waals surface area contributed by atoms with Gasteiger partial charge in [-0.25, -0.2) is 13.2 Å². The number of carbonyl (C=O) groups is 2. The Morgan fingerprint density at radius 1 is 0.944 bits per heavy atom. The summed E-state index contributed by atoms with van der Waals surface area (Å²) in [7, 11) is -3.39. The van der Waals surface area contributed by atoms with Gasteiger partial charge in [-0.15, -0.1) is 0 Å². The summed E-state index contributed by atoms with van der Waals surface area (Å²) in [4.78, 5) is 38.4. The molecule has 0 saturated heterocycles. The van der Waals surface area contributed by atoms with Gasteiger partial charge in [0.25, 0.3) is 5.56 Å². The number of Topliss-reactive ketones (excluding diaryl/α,β-unsaturated/α-hetero) is 1. The number of carboxylic acid groups (broad SMARTS) is 1. The molecule has 184 valence electrons. The molecule has 9 heteroatoms. The molecule has 1 N–H and O–H groups in total. The Balaban J connectivity index is 2.03. The topological polar surface area (TPSA) is 111 Å². The predicted molar refractivity (Wildman–Crippen MR) is 139 cm³/mol. The van der Waals surface area contributed by atoms with Gasteiger partial charge < -0.3 is 5.11 Å². The zero-order valence-electron chi connectivity index (χ0n) is 19.5. The van der Waals surface area contributed by atoms with Crippen molar-refractivity contribution in [2.24, 2.45) is 0 Å². The average molecular weight is 524 g/mol. The molecule has 0 bridgehead atoms. The fourth-order valence-corrected chi connectivity index (χ4v) is 4.93. The molecular formula is C27H22ClNO6S. The number of hydrogen-bond donors (Lipinski definition) is 1. The van der Waals surface area contributed by atoms with Crippen molar-refractivity contribution in [3.63, 3.8) is 0 Å². The Labute approximate surface area is 212 Å². The van der Waals surface area contributed by atoms with Crippen molar-refractivity contribution in [3.8, 4) is 11.1 Å². The zero-order valence-corrected chi connectivity index (χ0v) is 21.1. The fourth-order valence-electron chi connectivity index (χ4n) is 4.12. The number of nitrogens with zero attached hydrogens (tertiary/aromatic N) is 1. The number of halogens is 1. The molecule has 0 aliphatic carbocycles. The summed E-state index contributed by atoms with van der Waals surface area (Å²) in [5, 5.41) is 10.5. The molecule has 0 atom stereocenters. The van der Waals surface area contributed by atoms with Gasteiger partial charge >= 0.3 is 5.97 Å². The fraction of sp³-hybridized carbons (Fsp3) is 0.148. The monoisotopic (exact) mass is 523 g/mol. The second-order valence-electron chi connectivity index (χ2n) is 8.38. The van der Waals surface area contributed by atoms with Crippen LogP contribution in [0, 0.1) is 0 Å². The molecule has 0 saturated carbocycles. The third-order valence-electron chi connectivity index (χ3n) is 5.93. The minimum absolute atomic E-state index is 0.0305. The van der Waals surface area contributed by atoms with Crippen molar-refractivity contribution in [1.82, 2.24) is 4.57 Å². The minimum atomic E-state index is -3.39. The number of carbonyl (C=O) groups excluding carboxylic acids is 1. The largest absolute Gasteiger partial charge is 0.478 e. The van der Waals surface area contributed by atoms with E-state index in [1.807, 2.05) is 0 Å². The molecule has 0 amide bonds. The third-order valence-corrected chi connectivity index (χ3v) is 7.29. The Morgan fingerprint density at radius 3 is 2.14 bits per heavy atom. The van der Waals surface area contributed by atoms with Gasteiger partial charge in [0.2, 0.25) is 0 Å². The Kier molecular flexibility index (Phi) is 6.84. The summed E-state index contributed by atoms with van der Waals surface area (Å²) >= 11 is 6.26. The highest BCUT2D eigenvalue weighted by molar-refractivity contribution is 7.90. The molecule has 3 aromatic carbocycles. The predicted octanol–water partition coefficient (Wildman–Crippen LogP) is 5.06. The highest BCUT2D eigenvalue weighted by Crippen LogP contribution is 2.33. The third kappa shape index (κ3) is 4.82. The lowest BCUT2D eigenvalue weighted by Gasteiger charge is -2.20. The Morgan fingerprint density at radius 2 is 1.58 bits per heavy atom. The average Bonchev–Trinajstić information content (AvgIpc) is 2.84. The SMILES string of the molecule is CCC(=O)c1c(-c2ccc(C(=O)O)cc2)c2cc(Cl)ccc2c(=O)n1Cc1ccc(S(C)(=O)=O)cc1. The van der Waals surface area contributed by atoms with Crippen LogP contribution in [0.2, 0.25) is 5.02 Å². The van der Waals surface area contributed by atoms with Crippen molar-refractivity contribution >= 4 is 44.0 Å². The number of fused-ring (bicyclic) bond motifs is 1. The van der Waals surface area contributed by atoms with Gasteiger partial charge in [-0.1, -0.05) is 42.8 Å². The first kappa shape index (κ1) is 25.3. The first-order chi connectivity index (χ1) is 17.0. The molecule has 4 rings (SSSR count). The van der Waals surface area contributed by atoms with E-state index in [1.165, 1.54) is 28.8 Å². The number of aromatic nitrogens is 1. The van der Waals surface area contributed by atoms with E-state index in [2.05, 4.69) is 0 Å². The Hall–Kier alpha value is -3.75. The Bertz CT molecular complexity index is 1670. The van der Waals surface area contributed by atoms with Gasteiger partial charge in [-0.05, 0) is 59.0 Å². The second-order valence-corrected chi connectivity index (χ2v) is 10.8. The lowest BCUT2D eigenvalue weighted by molar-refractivity contribution is 0.0696. The van der Waals surface area contributed by atoms with Crippen molar-refractivity contribution in [1.29, 1.82) is 0 Å². The molecule has 0 aliphatic rings. The molecule has 7 nitrogen and oxygen atoms in total. The number of benzene rings is 3. The highest BCUT2D eigenvalue weighted by atomic mass is 35.5. The standard InChI is InChI=1S/C27H22ClNO6S/c1-3-23(30)25-24(17-6-8-18(9-7-17)27(32)33)22-14-19(28)10-13-21(22)26(31)29(25)15-16-4-11-20(12-5-16)36(2,34)35/h4-14H,3,15H2,1-2H3,(H,32,33). The number of rotatable bonds is 7. The van der Waals surface area contributed by atoms with E-state index in [0.717, 1.165) is 6.26 Å². The molecule has 0 spiro atoms. The molecule has 1 aromatic heterocycles. The van der Waals surface area contributed by atoms with Gasteiger partial charge in [-0.3, -0.25) is 14.2 Å². The lowest BCUT2D eigenvalue weighted by atomic mass is 9.93. The van der Waals surface area contributed by atoms with Crippen LogP contribution in [0.4, 0.5) is 0 Å². The zero-order chi connectivity index (χ0) is 26.2. The number of pyridine rings is 1. The number of sulfone groups is 1. The summed E-state index contributed by atoms with van der Waals surface area (Å²) < 4.78 is 25.1. The van der Waals surface area contributed by atoms with E-state index in [0.29, 0.717) is 32.5 Å². The van der Waals surface area contributed by atoms with E-state index in [4.69, 9.17) is 11.6 Å². The number of aromatic carboxylic acids is 1. The van der Waals surface area contributed by atoms with Crippen LogP contribution in [-0.2, 0) is 16.4 Å². The van der Waals surface area contributed by atoms with E-state index in [-0.39, 0.29) is 34.9 Å². The molecule has 4 aromatic rings. The second kappa shape index (κ2) is 9.72. The van der Waals surface area contributed by atoms with Gasteiger partial charge in [0.1, 0.15) is 0 Å². The van der Waals surface area contributed by atoms with Crippen LogP contribution in [0.5, 0.6) is 0 Å². The summed E-state index contributed by atoms with van der Waals surface area (Å²) in [6, 6.07) is 17.0. The van der Waals surface area contributed by atoms with Crippen molar-refractivity contribution in [2.75, 3.05) is 6.26 Å². The summed E-state index contributed by atoms with van der Waals surface area (Å²) in [6.45, 7) is 1.72. The van der Waals surface area contributed by atoms with Crippen molar-refractivity contribution in [3.05, 3.63) is 98.9 Å². The lowest BCUT2D eigenvalue weighted by Crippen LogP contribution is -2.28. The molecule has 1 heterocycles. The molecule has 0 unspecified atom stereocenters. The molecule has 0 radical (unpaired) electrons. The van der Waals surface area contributed by atoms with E-state index >= 15 is 0 Å². The minimum Gasteiger partial charge on any atom is -0.478 e. The van der Waals surface area contributed by atoms with Crippen LogP contribution in [0.1, 0.15) is 39.8 Å². The molecule has 36 heavy (non-hydrogen) atoms. The van der Waals surface area contributed by atoms with Gasteiger partial charge in [-0.2, -0.15) is 0 Å². The van der Waals surface area contributed by atoms with Crippen LogP contribution < -0.4 is 5.56 Å². The van der Waals surface area contributed by atoms with Gasteiger partial charge in [0, 0.05) is 28.6 Å². The van der Waals surface area contributed by atoms with Gasteiger partial charge in [0.15, 0.2) is 15.6 Å². The maximum Gasteiger partial charge on any atom is 0.335 e. The molecular weight excluding hydrogens is 502 g/mol. The first-order valence-corrected chi connectivity index (χ1v) is 13.3. The summed E-state index contributed by atoms with van der Waals surface area (Å²) in [5.41, 5.74) is 1.54. The highest BCUT2D eigenvalue weighted by Gasteiger charge is 2.23. The van der Waals surface area contributed by atoms with E-state index in [9.17, 15) is 27.9 Å². The van der Waals surface area contributed by atoms with Crippen LogP contribution in [0.25, 0.3) is 21.9 Å². The normalized spacial score (nSPS) is 11.5. The van der Waals surface area contributed by atoms with Crippen molar-refractivity contribution < 1.29 is 23.1 Å². The van der Waals surface area contributed by atoms with E-state index < -0.39 is 21.4 Å². The maximum absolute atomic E-state index is 13.6.